The van der Waals surface area contributed by atoms with Crippen molar-refractivity contribution in [3.63, 3.8) is 0 Å². The minimum absolute atomic E-state index is 0.0476. The lowest BCUT2D eigenvalue weighted by atomic mass is 9.60. The molecule has 1 aromatic carbocycles. The van der Waals surface area contributed by atoms with E-state index in [1.165, 1.54) is 12.8 Å². The van der Waals surface area contributed by atoms with Crippen molar-refractivity contribution in [2.75, 3.05) is 32.1 Å². The van der Waals surface area contributed by atoms with Gasteiger partial charge in [-0.2, -0.15) is 0 Å². The Morgan fingerprint density at radius 3 is 2.45 bits per heavy atom. The van der Waals surface area contributed by atoms with E-state index in [0.717, 1.165) is 37.2 Å². The number of anilines is 1. The van der Waals surface area contributed by atoms with Gasteiger partial charge < -0.3 is 31.1 Å². The molecule has 216 valence electrons. The molecule has 40 heavy (non-hydrogen) atoms. The molecule has 0 aromatic heterocycles. The molecule has 0 spiro atoms. The summed E-state index contributed by atoms with van der Waals surface area (Å²) >= 11 is 0. The van der Waals surface area contributed by atoms with Gasteiger partial charge in [0, 0.05) is 50.8 Å². The average Bonchev–Trinajstić information content (AvgIpc) is 3.68. The number of carbonyl (C=O) groups is 3. The second-order valence-electron chi connectivity index (χ2n) is 12.1. The van der Waals surface area contributed by atoms with Crippen molar-refractivity contribution in [3.05, 3.63) is 45.4 Å². The van der Waals surface area contributed by atoms with Gasteiger partial charge in [0.25, 0.3) is 5.91 Å². The van der Waals surface area contributed by atoms with Crippen molar-refractivity contribution in [1.82, 2.24) is 4.90 Å². The molecule has 0 heterocycles. The third kappa shape index (κ3) is 4.47. The lowest BCUT2D eigenvalue weighted by molar-refractivity contribution is -0.144. The predicted molar refractivity (Wildman–Crippen MR) is 148 cm³/mol. The number of aromatic hydroxyl groups is 1. The van der Waals surface area contributed by atoms with Crippen LogP contribution in [0.4, 0.5) is 5.69 Å². The normalized spacial score (nSPS) is 26.1. The molecule has 10 nitrogen and oxygen atoms in total. The summed E-state index contributed by atoms with van der Waals surface area (Å²) in [7, 11) is 3.79. The number of primary amides is 1. The second kappa shape index (κ2) is 10.2. The predicted octanol–water partition coefficient (Wildman–Crippen LogP) is 2.66. The summed E-state index contributed by atoms with van der Waals surface area (Å²) in [5.41, 5.74) is 4.27. The zero-order valence-corrected chi connectivity index (χ0v) is 23.4. The maximum atomic E-state index is 13.9. The number of allylic oxidation sites excluding steroid dienone is 2. The van der Waals surface area contributed by atoms with E-state index in [4.69, 9.17) is 5.73 Å². The van der Waals surface area contributed by atoms with Crippen LogP contribution in [0.15, 0.2) is 28.7 Å². The summed E-state index contributed by atoms with van der Waals surface area (Å²) in [5.74, 6) is -5.46. The molecule has 3 atom stereocenters. The number of Topliss-reactive ketones (excluding diaryl/α,β-unsaturated/α-hetero) is 2. The first-order valence-corrected chi connectivity index (χ1v) is 14.1. The number of hydrogen-bond donors (Lipinski definition) is 5. The molecule has 1 unspecified atom stereocenters. The number of phenols is 1. The smallest absolute Gasteiger partial charge is 0.255 e. The van der Waals surface area contributed by atoms with Crippen LogP contribution in [0.5, 0.6) is 5.75 Å². The highest BCUT2D eigenvalue weighted by Gasteiger charge is 2.59. The van der Waals surface area contributed by atoms with Crippen LogP contribution in [0.2, 0.25) is 0 Å². The quantitative estimate of drug-likeness (QED) is 0.289. The Hall–Kier alpha value is -3.37. The number of benzene rings is 1. The highest BCUT2D eigenvalue weighted by atomic mass is 16.3. The number of aliphatic hydroxyl groups is 3. The Morgan fingerprint density at radius 2 is 1.85 bits per heavy atom. The molecule has 10 heteroatoms. The number of ketones is 2. The fraction of sp³-hybridized carbons (Fsp3) is 0.567. The SMILES string of the molecule is CCCCN(Cc1cc(O)c2c(c1N(C)C)CC1C[C@H]3CC(O)=C(C(N)=O)C(=O)[C@@]3(O)C(O)=C1C2=O)CC1CC1. The molecule has 1 aromatic rings. The van der Waals surface area contributed by atoms with E-state index in [1.807, 2.05) is 19.0 Å². The van der Waals surface area contributed by atoms with Crippen molar-refractivity contribution in [3.8, 4) is 5.75 Å². The molecule has 4 aliphatic rings. The molecule has 5 rings (SSSR count). The Balaban J connectivity index is 1.58. The van der Waals surface area contributed by atoms with Crippen LogP contribution in [0, 0.1) is 17.8 Å². The number of fused-ring (bicyclic) bond motifs is 3. The molecule has 6 N–H and O–H groups in total. The van der Waals surface area contributed by atoms with Crippen LogP contribution in [0.3, 0.4) is 0 Å². The molecule has 1 saturated carbocycles. The van der Waals surface area contributed by atoms with Crippen LogP contribution in [0.1, 0.15) is 66.9 Å². The number of nitrogens with zero attached hydrogens (tertiary/aromatic N) is 2. The summed E-state index contributed by atoms with van der Waals surface area (Å²) in [6.45, 7) is 4.72. The fourth-order valence-corrected chi connectivity index (χ4v) is 6.94. The van der Waals surface area contributed by atoms with Crippen LogP contribution in [-0.4, -0.2) is 75.6 Å². The summed E-state index contributed by atoms with van der Waals surface area (Å²) in [6.07, 6.45) is 4.77. The maximum Gasteiger partial charge on any atom is 0.255 e. The van der Waals surface area contributed by atoms with Gasteiger partial charge in [-0.05, 0) is 67.7 Å². The van der Waals surface area contributed by atoms with E-state index >= 15 is 0 Å². The van der Waals surface area contributed by atoms with Gasteiger partial charge in [0.2, 0.25) is 5.78 Å². The molecule has 4 aliphatic carbocycles. The third-order valence-corrected chi connectivity index (χ3v) is 9.00. The zero-order chi connectivity index (χ0) is 29.1. The molecule has 0 aliphatic heterocycles. The van der Waals surface area contributed by atoms with Crippen LogP contribution < -0.4 is 10.6 Å². The zero-order valence-electron chi connectivity index (χ0n) is 23.4. The van der Waals surface area contributed by atoms with Gasteiger partial charge in [0.1, 0.15) is 22.8 Å². The lowest BCUT2D eigenvalue weighted by Gasteiger charge is -2.46. The molecule has 1 amide bonds. The van der Waals surface area contributed by atoms with Crippen molar-refractivity contribution in [1.29, 1.82) is 0 Å². The Labute approximate surface area is 233 Å². The first-order chi connectivity index (χ1) is 18.9. The Kier molecular flexibility index (Phi) is 7.20. The van der Waals surface area contributed by atoms with E-state index in [9.17, 15) is 34.8 Å². The summed E-state index contributed by atoms with van der Waals surface area (Å²) < 4.78 is 0. The first-order valence-electron chi connectivity index (χ1n) is 14.1. The van der Waals surface area contributed by atoms with Crippen LogP contribution in [0.25, 0.3) is 0 Å². The molecule has 0 radical (unpaired) electrons. The average molecular weight is 554 g/mol. The van der Waals surface area contributed by atoms with E-state index in [0.29, 0.717) is 24.4 Å². The minimum atomic E-state index is -2.56. The molecule has 1 fully saturated rings. The van der Waals surface area contributed by atoms with Gasteiger partial charge in [0.15, 0.2) is 11.4 Å². The van der Waals surface area contributed by atoms with Gasteiger partial charge in [-0.3, -0.25) is 19.3 Å². The van der Waals surface area contributed by atoms with Crippen molar-refractivity contribution >= 4 is 23.2 Å². The fourth-order valence-electron chi connectivity index (χ4n) is 6.94. The highest BCUT2D eigenvalue weighted by Crippen LogP contribution is 2.52. The maximum absolute atomic E-state index is 13.9. The van der Waals surface area contributed by atoms with Gasteiger partial charge in [-0.1, -0.05) is 13.3 Å². The van der Waals surface area contributed by atoms with E-state index in [-0.39, 0.29) is 29.7 Å². The van der Waals surface area contributed by atoms with Crippen LogP contribution >= 0.6 is 0 Å². The number of hydrogen-bond acceptors (Lipinski definition) is 9. The summed E-state index contributed by atoms with van der Waals surface area (Å²) in [4.78, 5) is 43.3. The van der Waals surface area contributed by atoms with Crippen LogP contribution in [-0.2, 0) is 22.6 Å². The summed E-state index contributed by atoms with van der Waals surface area (Å²) in [6, 6.07) is 1.62. The molecular weight excluding hydrogens is 514 g/mol. The number of nitrogens with two attached hydrogens (primary N) is 1. The minimum Gasteiger partial charge on any atom is -0.511 e. The van der Waals surface area contributed by atoms with Crippen molar-refractivity contribution < 1.29 is 34.8 Å². The number of unbranched alkanes of at least 4 members (excludes halogenated alkanes) is 1. The highest BCUT2D eigenvalue weighted by molar-refractivity contribution is 6.24. The third-order valence-electron chi connectivity index (χ3n) is 9.00. The van der Waals surface area contributed by atoms with E-state index in [1.54, 1.807) is 6.07 Å². The Bertz CT molecular complexity index is 1340. The largest absolute Gasteiger partial charge is 0.511 e. The topological polar surface area (TPSA) is 165 Å². The van der Waals surface area contributed by atoms with E-state index in [2.05, 4.69) is 11.8 Å². The van der Waals surface area contributed by atoms with Crippen molar-refractivity contribution in [2.45, 2.75) is 64.0 Å². The molecule has 0 saturated heterocycles. The van der Waals surface area contributed by atoms with Gasteiger partial charge in [-0.25, -0.2) is 0 Å². The number of carbonyl (C=O) groups excluding carboxylic acids is 3. The first kappa shape index (κ1) is 28.2. The number of aliphatic hydroxyl groups excluding tert-OH is 2. The Morgan fingerprint density at radius 1 is 1.15 bits per heavy atom. The molecule has 0 bridgehead atoms. The second-order valence-corrected chi connectivity index (χ2v) is 12.1. The standard InChI is InChI=1S/C30H39N3O7/c1-4-5-8-33(13-15-6-7-15)14-17-11-20(34)23-19(25(17)32(2)3)10-16-9-18-12-21(35)24(29(31)39)28(38)30(18,40)27(37)22(16)26(23)36/h11,15-16,18,34-35,37,40H,4-10,12-14H2,1-3H3,(H2,31,39)/t16?,18-,30-/m0/s1. The number of amides is 1. The van der Waals surface area contributed by atoms with E-state index < -0.39 is 52.0 Å². The number of phenolic OH excluding ortho intramolecular Hbond substituents is 1. The van der Waals surface area contributed by atoms with Gasteiger partial charge in [-0.15, -0.1) is 0 Å². The van der Waals surface area contributed by atoms with Gasteiger partial charge in [0.05, 0.1) is 5.56 Å². The summed E-state index contributed by atoms with van der Waals surface area (Å²) in [5, 5.41) is 44.3. The monoisotopic (exact) mass is 553 g/mol. The van der Waals surface area contributed by atoms with Gasteiger partial charge >= 0.3 is 0 Å². The molecular formula is C30H39N3O7. The number of rotatable bonds is 9. The van der Waals surface area contributed by atoms with Crippen molar-refractivity contribution in [2.24, 2.45) is 23.5 Å². The lowest BCUT2D eigenvalue weighted by Crippen LogP contribution is -2.57.